The van der Waals surface area contributed by atoms with E-state index < -0.39 is 5.91 Å². The largest absolute Gasteiger partial charge is 0.378 e. The molecular formula is C18H19N8OS+. The van der Waals surface area contributed by atoms with E-state index in [0.717, 1.165) is 16.3 Å². The van der Waals surface area contributed by atoms with E-state index in [-0.39, 0.29) is 12.3 Å². The first-order valence-corrected chi connectivity index (χ1v) is 9.15. The van der Waals surface area contributed by atoms with Crippen molar-refractivity contribution >= 4 is 40.7 Å². The molecule has 0 atom stereocenters. The number of nitrogens with one attached hydrogen (secondary N) is 2. The number of amides is 1. The van der Waals surface area contributed by atoms with E-state index >= 15 is 0 Å². The molecule has 0 aliphatic rings. The zero-order valence-corrected chi connectivity index (χ0v) is 15.9. The third-order valence-corrected chi connectivity index (χ3v) is 4.66. The Kier molecular flexibility index (Phi) is 6.02. The number of nitrogen functional groups attached to an aromatic ring is 1. The predicted octanol–water partition coefficient (Wildman–Crippen LogP) is -0.0953. The number of anilines is 1. The fraction of sp³-hybridized carbons (Fsp3) is 0.111. The lowest BCUT2D eigenvalue weighted by Gasteiger charge is -2.00. The average Bonchev–Trinajstić information content (AvgIpc) is 3.18. The van der Waals surface area contributed by atoms with Gasteiger partial charge in [0.2, 0.25) is 17.6 Å². The van der Waals surface area contributed by atoms with Gasteiger partial charge >= 0.3 is 0 Å². The van der Waals surface area contributed by atoms with Gasteiger partial charge in [-0.3, -0.25) is 4.79 Å². The lowest BCUT2D eigenvalue weighted by molar-refractivity contribution is -0.344. The molecule has 3 aromatic rings. The zero-order chi connectivity index (χ0) is 19.9. The number of rotatable bonds is 6. The summed E-state index contributed by atoms with van der Waals surface area (Å²) in [5, 5.41) is 15.9. The van der Waals surface area contributed by atoms with Crippen LogP contribution in [0.2, 0.25) is 0 Å². The standard InChI is InChI=1S/C18H18N8OS/c1-11-7-8-13(16(19)23-11)21-9-14(24-20)17(27)22-10-15-25-26-18(28-15)12-5-3-2-4-6-12/h2-9H,10,20H2,1H3,(H2,19,23)(H,22,27)/p+1/b21-9?,24-14+. The Bertz CT molecular complexity index is 1030. The number of benzene rings is 1. The highest BCUT2D eigenvalue weighted by Gasteiger charge is 2.14. The summed E-state index contributed by atoms with van der Waals surface area (Å²) in [5.74, 6) is 5.19. The van der Waals surface area contributed by atoms with Crippen molar-refractivity contribution in [2.75, 3.05) is 5.73 Å². The molecule has 0 unspecified atom stereocenters. The maximum Gasteiger partial charge on any atom is 0.278 e. The minimum atomic E-state index is -0.454. The molecule has 1 amide bonds. The molecule has 142 valence electrons. The van der Waals surface area contributed by atoms with Gasteiger partial charge in [-0.25, -0.2) is 9.98 Å². The van der Waals surface area contributed by atoms with Crippen LogP contribution < -0.4 is 21.9 Å². The number of hydrogen-bond acceptors (Lipinski definition) is 8. The van der Waals surface area contributed by atoms with Crippen LogP contribution in [0.5, 0.6) is 0 Å². The first-order valence-electron chi connectivity index (χ1n) is 8.33. The molecule has 6 N–H and O–H groups in total. The second-order valence-corrected chi connectivity index (χ2v) is 6.80. The predicted molar refractivity (Wildman–Crippen MR) is 109 cm³/mol. The van der Waals surface area contributed by atoms with Crippen molar-refractivity contribution < 1.29 is 9.79 Å². The number of nitrogens with two attached hydrogens (primary N) is 2. The van der Waals surface area contributed by atoms with Crippen molar-refractivity contribution in [1.82, 2.24) is 20.5 Å². The maximum absolute atomic E-state index is 12.3. The molecule has 28 heavy (non-hydrogen) atoms. The number of hydrogen-bond donors (Lipinski definition) is 4. The van der Waals surface area contributed by atoms with Crippen molar-refractivity contribution in [2.24, 2.45) is 10.9 Å². The van der Waals surface area contributed by atoms with Gasteiger partial charge in [-0.2, -0.15) is 5.10 Å². The monoisotopic (exact) mass is 395 g/mol. The first kappa shape index (κ1) is 19.1. The molecule has 1 aromatic carbocycles. The average molecular weight is 395 g/mol. The molecule has 0 aliphatic carbocycles. The number of aryl methyl sites for hydroxylation is 1. The van der Waals surface area contributed by atoms with Gasteiger partial charge in [0, 0.05) is 17.3 Å². The van der Waals surface area contributed by atoms with Gasteiger partial charge in [-0.1, -0.05) is 41.7 Å². The highest BCUT2D eigenvalue weighted by atomic mass is 32.1. The quantitative estimate of drug-likeness (QED) is 0.260. The molecule has 0 aliphatic heterocycles. The molecule has 9 nitrogen and oxygen atoms in total. The molecule has 2 heterocycles. The molecule has 3 rings (SSSR count). The Morgan fingerprint density at radius 2 is 2.04 bits per heavy atom. The summed E-state index contributed by atoms with van der Waals surface area (Å²) in [5.41, 5.74) is 8.16. The maximum atomic E-state index is 12.3. The van der Waals surface area contributed by atoms with Crippen molar-refractivity contribution in [3.05, 3.63) is 53.2 Å². The molecule has 0 spiro atoms. The van der Waals surface area contributed by atoms with Crippen molar-refractivity contribution in [3.63, 3.8) is 0 Å². The van der Waals surface area contributed by atoms with E-state index in [0.29, 0.717) is 16.5 Å². The van der Waals surface area contributed by atoms with Crippen LogP contribution in [0.3, 0.4) is 0 Å². The van der Waals surface area contributed by atoms with Crippen LogP contribution in [0.1, 0.15) is 10.7 Å². The first-order chi connectivity index (χ1) is 13.6. The van der Waals surface area contributed by atoms with E-state index in [1.807, 2.05) is 37.3 Å². The molecule has 0 fully saturated rings. The van der Waals surface area contributed by atoms with Crippen LogP contribution in [0.25, 0.3) is 10.6 Å². The number of carbonyl (C=O) groups excluding carboxylic acids is 1. The highest BCUT2D eigenvalue weighted by molar-refractivity contribution is 7.14. The Morgan fingerprint density at radius 1 is 1.25 bits per heavy atom. The second-order valence-electron chi connectivity index (χ2n) is 5.74. The smallest absolute Gasteiger partial charge is 0.278 e. The molecule has 0 bridgehead atoms. The molecular weight excluding hydrogens is 376 g/mol. The SMILES string of the molecule is Cc1ccc([NH+]=C/C(=N\N)C(=O)NCc2nnc(-c3ccccc3)s2)c(N)n1. The third kappa shape index (κ3) is 4.74. The van der Waals surface area contributed by atoms with Crippen LogP contribution in [0, 0.1) is 6.92 Å². The molecule has 0 radical (unpaired) electrons. The van der Waals surface area contributed by atoms with E-state index in [4.69, 9.17) is 11.6 Å². The summed E-state index contributed by atoms with van der Waals surface area (Å²) in [7, 11) is 0. The molecule has 0 saturated carbocycles. The van der Waals surface area contributed by atoms with Crippen LogP contribution in [-0.2, 0) is 11.3 Å². The van der Waals surface area contributed by atoms with Crippen LogP contribution in [0.15, 0.2) is 47.6 Å². The van der Waals surface area contributed by atoms with E-state index in [2.05, 4.69) is 30.6 Å². The lowest BCUT2D eigenvalue weighted by Crippen LogP contribution is -2.64. The molecule has 0 saturated heterocycles. The van der Waals surface area contributed by atoms with Crippen LogP contribution in [0.4, 0.5) is 11.5 Å². The summed E-state index contributed by atoms with van der Waals surface area (Å²) < 4.78 is 0. The van der Waals surface area contributed by atoms with Crippen molar-refractivity contribution in [2.45, 2.75) is 13.5 Å². The van der Waals surface area contributed by atoms with Gasteiger partial charge in [0.05, 0.1) is 6.54 Å². The van der Waals surface area contributed by atoms with Crippen molar-refractivity contribution in [1.29, 1.82) is 0 Å². The third-order valence-electron chi connectivity index (χ3n) is 3.69. The van der Waals surface area contributed by atoms with Gasteiger partial charge in [-0.15, -0.1) is 10.2 Å². The lowest BCUT2D eigenvalue weighted by atomic mass is 10.2. The fourth-order valence-corrected chi connectivity index (χ4v) is 3.06. The van der Waals surface area contributed by atoms with Gasteiger partial charge in [0.25, 0.3) is 5.91 Å². The summed E-state index contributed by atoms with van der Waals surface area (Å²) in [6, 6.07) is 13.3. The zero-order valence-electron chi connectivity index (χ0n) is 15.1. The van der Waals surface area contributed by atoms with Crippen LogP contribution in [-0.4, -0.2) is 33.0 Å². The summed E-state index contributed by atoms with van der Waals surface area (Å²) in [4.78, 5) is 19.3. The Labute approximate surface area is 165 Å². The second kappa shape index (κ2) is 8.82. The van der Waals surface area contributed by atoms with Gasteiger partial charge < -0.3 is 16.9 Å². The normalized spacial score (nSPS) is 11.7. The molecule has 2 aromatic heterocycles. The Hall–Kier alpha value is -3.66. The van der Waals surface area contributed by atoms with Crippen molar-refractivity contribution in [3.8, 4) is 10.6 Å². The van der Waals surface area contributed by atoms with Gasteiger partial charge in [-0.05, 0) is 13.0 Å². The minimum absolute atomic E-state index is 0.00720. The fourth-order valence-electron chi connectivity index (χ4n) is 2.28. The van der Waals surface area contributed by atoms with E-state index in [9.17, 15) is 4.79 Å². The number of pyridine rings is 1. The summed E-state index contributed by atoms with van der Waals surface area (Å²) >= 11 is 1.40. The number of hydrazone groups is 1. The van der Waals surface area contributed by atoms with E-state index in [1.54, 1.807) is 12.1 Å². The van der Waals surface area contributed by atoms with E-state index in [1.165, 1.54) is 17.6 Å². The molecule has 10 heteroatoms. The highest BCUT2D eigenvalue weighted by Crippen LogP contribution is 2.22. The van der Waals surface area contributed by atoms with Crippen LogP contribution >= 0.6 is 11.3 Å². The Morgan fingerprint density at radius 3 is 2.75 bits per heavy atom. The summed E-state index contributed by atoms with van der Waals surface area (Å²) in [6.45, 7) is 2.05. The number of carbonyl (C=O) groups is 1. The topological polar surface area (TPSA) is 146 Å². The van der Waals surface area contributed by atoms with Gasteiger partial charge in [0.15, 0.2) is 5.82 Å². The Balaban J connectivity index is 1.62. The minimum Gasteiger partial charge on any atom is -0.378 e. The van der Waals surface area contributed by atoms with Gasteiger partial charge in [0.1, 0.15) is 10.0 Å². The number of aromatic nitrogens is 3. The number of nitrogens with zero attached hydrogens (tertiary/aromatic N) is 4. The summed E-state index contributed by atoms with van der Waals surface area (Å²) in [6.07, 6.45) is 1.37.